The fourth-order valence-electron chi connectivity index (χ4n) is 3.77. The lowest BCUT2D eigenvalue weighted by molar-refractivity contribution is 0.397. The van der Waals surface area contributed by atoms with Crippen molar-refractivity contribution in [1.29, 1.82) is 0 Å². The predicted octanol–water partition coefficient (Wildman–Crippen LogP) is 3.66. The van der Waals surface area contributed by atoms with Crippen molar-refractivity contribution in [3.8, 4) is 5.75 Å². The Morgan fingerprint density at radius 3 is 2.84 bits per heavy atom. The van der Waals surface area contributed by atoms with Gasteiger partial charge in [0.1, 0.15) is 23.2 Å². The molecule has 2 aromatic heterocycles. The van der Waals surface area contributed by atoms with E-state index in [9.17, 15) is 0 Å². The van der Waals surface area contributed by atoms with Crippen LogP contribution >= 0.6 is 24.0 Å². The zero-order chi connectivity index (χ0) is 21.5. The van der Waals surface area contributed by atoms with Crippen LogP contribution in [0.3, 0.4) is 0 Å². The maximum Gasteiger partial charge on any atom is 0.191 e. The van der Waals surface area contributed by atoms with Crippen LogP contribution in [0.5, 0.6) is 5.75 Å². The zero-order valence-corrected chi connectivity index (χ0v) is 20.9. The number of hydrogen-bond donors (Lipinski definition) is 2. The third-order valence-electron chi connectivity index (χ3n) is 5.36. The lowest BCUT2D eigenvalue weighted by atomic mass is 10.1. The molecule has 0 fully saturated rings. The predicted molar refractivity (Wildman–Crippen MR) is 135 cm³/mol. The third kappa shape index (κ3) is 6.47. The minimum Gasteiger partial charge on any atom is -0.497 e. The topological polar surface area (TPSA) is 89.5 Å². The summed E-state index contributed by atoms with van der Waals surface area (Å²) >= 11 is 0. The Kier molecular flexibility index (Phi) is 8.95. The molecule has 1 aromatic carbocycles. The van der Waals surface area contributed by atoms with Crippen LogP contribution in [0.2, 0.25) is 0 Å². The standard InChI is InChI=1S/C23H30N6O2.HI/c1-17-26-22-21(6-3-15-29(22)28-17)27-23(25-14-12-20-5-4-16-31-20)24-13-11-18-7-9-19(30-2)10-8-18;/h4-5,7-10,16,21H,3,6,11-15H2,1-2H3,(H2,24,25,27);1H. The van der Waals surface area contributed by atoms with Crippen molar-refractivity contribution in [2.75, 3.05) is 20.2 Å². The number of nitrogens with one attached hydrogen (secondary N) is 2. The van der Waals surface area contributed by atoms with Gasteiger partial charge in [0.15, 0.2) is 5.96 Å². The smallest absolute Gasteiger partial charge is 0.191 e. The van der Waals surface area contributed by atoms with Crippen LogP contribution in [0.25, 0.3) is 0 Å². The summed E-state index contributed by atoms with van der Waals surface area (Å²) in [4.78, 5) is 9.42. The van der Waals surface area contributed by atoms with Crippen LogP contribution in [0.4, 0.5) is 0 Å². The van der Waals surface area contributed by atoms with E-state index >= 15 is 0 Å². The first-order valence-electron chi connectivity index (χ1n) is 10.8. The molecular formula is C23H31IN6O2. The third-order valence-corrected chi connectivity index (χ3v) is 5.36. The molecule has 0 aliphatic carbocycles. The van der Waals surface area contributed by atoms with Gasteiger partial charge in [0, 0.05) is 26.1 Å². The number of aliphatic imine (C=N–C) groups is 1. The lowest BCUT2D eigenvalue weighted by Gasteiger charge is -2.25. The van der Waals surface area contributed by atoms with Gasteiger partial charge in [0.05, 0.1) is 19.4 Å². The quantitative estimate of drug-likeness (QED) is 0.253. The van der Waals surface area contributed by atoms with E-state index in [1.807, 2.05) is 35.9 Å². The normalized spacial score (nSPS) is 15.6. The highest BCUT2D eigenvalue weighted by atomic mass is 127. The van der Waals surface area contributed by atoms with Gasteiger partial charge >= 0.3 is 0 Å². The Labute approximate surface area is 205 Å². The van der Waals surface area contributed by atoms with E-state index in [2.05, 4.69) is 32.8 Å². The molecule has 0 saturated heterocycles. The fourth-order valence-corrected chi connectivity index (χ4v) is 3.77. The van der Waals surface area contributed by atoms with Crippen molar-refractivity contribution in [2.24, 2.45) is 4.99 Å². The Morgan fingerprint density at radius 2 is 2.09 bits per heavy atom. The molecule has 0 bridgehead atoms. The molecule has 3 heterocycles. The van der Waals surface area contributed by atoms with Gasteiger partial charge in [-0.05, 0) is 56.0 Å². The fraction of sp³-hybridized carbons (Fsp3) is 0.435. The molecule has 3 aromatic rings. The summed E-state index contributed by atoms with van der Waals surface area (Å²) in [6, 6.07) is 12.1. The number of aromatic nitrogens is 3. The van der Waals surface area contributed by atoms with E-state index in [1.54, 1.807) is 13.4 Å². The number of furan rings is 1. The molecule has 1 atom stereocenters. The molecule has 1 aliphatic heterocycles. The van der Waals surface area contributed by atoms with Crippen LogP contribution < -0.4 is 15.4 Å². The monoisotopic (exact) mass is 550 g/mol. The molecule has 0 saturated carbocycles. The van der Waals surface area contributed by atoms with Crippen molar-refractivity contribution in [1.82, 2.24) is 25.4 Å². The number of methoxy groups -OCH3 is 1. The second-order valence-corrected chi connectivity index (χ2v) is 7.66. The molecule has 172 valence electrons. The molecule has 1 aliphatic rings. The van der Waals surface area contributed by atoms with Crippen molar-refractivity contribution < 1.29 is 9.15 Å². The first-order chi connectivity index (χ1) is 15.2. The van der Waals surface area contributed by atoms with Crippen LogP contribution in [0.15, 0.2) is 52.1 Å². The number of halogens is 1. The highest BCUT2D eigenvalue weighted by Gasteiger charge is 2.24. The molecule has 1 unspecified atom stereocenters. The summed E-state index contributed by atoms with van der Waals surface area (Å²) in [5, 5.41) is 11.6. The van der Waals surface area contributed by atoms with Crippen molar-refractivity contribution in [2.45, 2.75) is 45.2 Å². The van der Waals surface area contributed by atoms with E-state index in [0.717, 1.165) is 67.9 Å². The number of rotatable bonds is 8. The first-order valence-corrected chi connectivity index (χ1v) is 10.8. The van der Waals surface area contributed by atoms with Gasteiger partial charge in [0.2, 0.25) is 0 Å². The molecule has 8 nitrogen and oxygen atoms in total. The number of fused-ring (bicyclic) bond motifs is 1. The molecule has 0 radical (unpaired) electrons. The van der Waals surface area contributed by atoms with Gasteiger partial charge in [0.25, 0.3) is 0 Å². The van der Waals surface area contributed by atoms with E-state index in [0.29, 0.717) is 6.54 Å². The van der Waals surface area contributed by atoms with Crippen molar-refractivity contribution >= 4 is 29.9 Å². The van der Waals surface area contributed by atoms with Gasteiger partial charge in [-0.1, -0.05) is 12.1 Å². The number of benzene rings is 1. The van der Waals surface area contributed by atoms with Crippen molar-refractivity contribution in [3.05, 3.63) is 65.6 Å². The largest absolute Gasteiger partial charge is 0.497 e. The van der Waals surface area contributed by atoms with E-state index < -0.39 is 0 Å². The molecule has 0 spiro atoms. The van der Waals surface area contributed by atoms with E-state index in [-0.39, 0.29) is 30.0 Å². The number of guanidine groups is 1. The molecule has 0 amide bonds. The summed E-state index contributed by atoms with van der Waals surface area (Å²) < 4.78 is 12.7. The molecule has 32 heavy (non-hydrogen) atoms. The Balaban J connectivity index is 0.00000289. The minimum atomic E-state index is 0. The first kappa shape index (κ1) is 24.1. The maximum absolute atomic E-state index is 5.43. The summed E-state index contributed by atoms with van der Waals surface area (Å²) in [5.74, 6) is 4.40. The number of ether oxygens (including phenoxy) is 1. The highest BCUT2D eigenvalue weighted by molar-refractivity contribution is 14.0. The molecule has 9 heteroatoms. The number of hydrogen-bond acceptors (Lipinski definition) is 5. The number of aryl methyl sites for hydroxylation is 2. The Hall–Kier alpha value is -2.56. The average Bonchev–Trinajstić information content (AvgIpc) is 3.43. The highest BCUT2D eigenvalue weighted by Crippen LogP contribution is 2.22. The second kappa shape index (κ2) is 11.9. The van der Waals surface area contributed by atoms with Gasteiger partial charge in [-0.15, -0.1) is 24.0 Å². The van der Waals surface area contributed by atoms with E-state index in [1.165, 1.54) is 5.56 Å². The average molecular weight is 550 g/mol. The van der Waals surface area contributed by atoms with Gasteiger partial charge in [-0.25, -0.2) is 9.67 Å². The second-order valence-electron chi connectivity index (χ2n) is 7.66. The summed E-state index contributed by atoms with van der Waals surface area (Å²) in [6.07, 6.45) is 5.43. The van der Waals surface area contributed by atoms with Crippen LogP contribution in [-0.4, -0.2) is 40.9 Å². The van der Waals surface area contributed by atoms with Crippen molar-refractivity contribution in [3.63, 3.8) is 0 Å². The lowest BCUT2D eigenvalue weighted by Crippen LogP contribution is -2.42. The van der Waals surface area contributed by atoms with Crippen LogP contribution in [0.1, 0.15) is 41.9 Å². The van der Waals surface area contributed by atoms with Gasteiger partial charge < -0.3 is 19.8 Å². The maximum atomic E-state index is 5.43. The zero-order valence-electron chi connectivity index (χ0n) is 18.6. The SMILES string of the molecule is COc1ccc(CCNC(=NCCc2ccco2)NC2CCCn3nc(C)nc32)cc1.I. The Morgan fingerprint density at radius 1 is 1.25 bits per heavy atom. The molecular weight excluding hydrogens is 519 g/mol. The Bertz CT molecular complexity index is 985. The van der Waals surface area contributed by atoms with Gasteiger partial charge in [-0.2, -0.15) is 5.10 Å². The molecule has 4 rings (SSSR count). The summed E-state index contributed by atoms with van der Waals surface area (Å²) in [7, 11) is 1.68. The molecule has 2 N–H and O–H groups in total. The number of nitrogens with zero attached hydrogens (tertiary/aromatic N) is 4. The van der Waals surface area contributed by atoms with Gasteiger partial charge in [-0.3, -0.25) is 4.99 Å². The summed E-state index contributed by atoms with van der Waals surface area (Å²) in [6.45, 7) is 4.28. The summed E-state index contributed by atoms with van der Waals surface area (Å²) in [5.41, 5.74) is 1.25. The minimum absolute atomic E-state index is 0. The van der Waals surface area contributed by atoms with Crippen LogP contribution in [-0.2, 0) is 19.4 Å². The van der Waals surface area contributed by atoms with Crippen LogP contribution in [0, 0.1) is 6.92 Å². The van der Waals surface area contributed by atoms with E-state index in [4.69, 9.17) is 14.1 Å².